The van der Waals surface area contributed by atoms with Crippen LogP contribution in [-0.4, -0.2) is 28.5 Å². The lowest BCUT2D eigenvalue weighted by Gasteiger charge is -2.03. The molecule has 1 rings (SSSR count). The molecular formula is C8H7BrN2O3. The Kier molecular flexibility index (Phi) is 3.58. The molecule has 0 radical (unpaired) electrons. The van der Waals surface area contributed by atoms with Crippen molar-refractivity contribution in [1.29, 1.82) is 0 Å². The number of carboxylic acids is 1. The minimum absolute atomic E-state index is 0.362. The molecule has 1 heterocycles. The molecule has 1 aromatic rings. The molecule has 5 nitrogen and oxygen atoms in total. The molecule has 0 saturated carbocycles. The van der Waals surface area contributed by atoms with Gasteiger partial charge in [-0.3, -0.25) is 14.6 Å². The van der Waals surface area contributed by atoms with Crippen LogP contribution in [0.3, 0.4) is 0 Å². The van der Waals surface area contributed by atoms with Crippen molar-refractivity contribution in [2.75, 3.05) is 6.54 Å². The smallest absolute Gasteiger partial charge is 0.322 e. The second-order valence-electron chi connectivity index (χ2n) is 2.43. The van der Waals surface area contributed by atoms with Gasteiger partial charge in [0, 0.05) is 16.9 Å². The van der Waals surface area contributed by atoms with Gasteiger partial charge >= 0.3 is 5.97 Å². The highest BCUT2D eigenvalue weighted by atomic mass is 79.9. The van der Waals surface area contributed by atoms with E-state index in [1.54, 1.807) is 0 Å². The molecule has 0 aliphatic heterocycles. The molecule has 1 aromatic heterocycles. The van der Waals surface area contributed by atoms with E-state index in [-0.39, 0.29) is 0 Å². The van der Waals surface area contributed by atoms with E-state index in [2.05, 4.69) is 26.2 Å². The van der Waals surface area contributed by atoms with Crippen LogP contribution in [0.25, 0.3) is 0 Å². The molecule has 0 aliphatic rings. The van der Waals surface area contributed by atoms with Gasteiger partial charge in [0.2, 0.25) is 0 Å². The maximum absolute atomic E-state index is 11.3. The van der Waals surface area contributed by atoms with Gasteiger partial charge in [-0.2, -0.15) is 0 Å². The summed E-state index contributed by atoms with van der Waals surface area (Å²) in [5.74, 6) is -1.52. The Labute approximate surface area is 88.3 Å². The van der Waals surface area contributed by atoms with E-state index < -0.39 is 18.4 Å². The van der Waals surface area contributed by atoms with E-state index in [9.17, 15) is 9.59 Å². The van der Waals surface area contributed by atoms with Crippen LogP contribution >= 0.6 is 15.9 Å². The Morgan fingerprint density at radius 1 is 1.57 bits per heavy atom. The summed E-state index contributed by atoms with van der Waals surface area (Å²) in [7, 11) is 0. The minimum atomic E-state index is -1.08. The average molecular weight is 259 g/mol. The molecule has 1 amide bonds. The van der Waals surface area contributed by atoms with Gasteiger partial charge in [-0.05, 0) is 22.0 Å². The maximum Gasteiger partial charge on any atom is 0.322 e. The van der Waals surface area contributed by atoms with Crippen molar-refractivity contribution in [1.82, 2.24) is 10.3 Å². The van der Waals surface area contributed by atoms with Crippen LogP contribution in [0.2, 0.25) is 0 Å². The van der Waals surface area contributed by atoms with E-state index in [4.69, 9.17) is 5.11 Å². The second kappa shape index (κ2) is 4.71. The van der Waals surface area contributed by atoms with Crippen molar-refractivity contribution >= 4 is 27.8 Å². The normalized spacial score (nSPS) is 9.50. The number of rotatable bonds is 3. The quantitative estimate of drug-likeness (QED) is 0.835. The fourth-order valence-corrected chi connectivity index (χ4v) is 1.24. The van der Waals surface area contributed by atoms with E-state index >= 15 is 0 Å². The van der Waals surface area contributed by atoms with Gasteiger partial charge in [-0.15, -0.1) is 0 Å². The van der Waals surface area contributed by atoms with Crippen LogP contribution in [0.5, 0.6) is 0 Å². The third kappa shape index (κ3) is 2.81. The first kappa shape index (κ1) is 10.6. The van der Waals surface area contributed by atoms with E-state index in [0.29, 0.717) is 10.0 Å². The number of hydrogen-bond donors (Lipinski definition) is 2. The summed E-state index contributed by atoms with van der Waals surface area (Å²) in [6, 6.07) is 1.50. The number of pyridine rings is 1. The van der Waals surface area contributed by atoms with Crippen LogP contribution in [0, 0.1) is 0 Å². The van der Waals surface area contributed by atoms with Crippen LogP contribution in [0.4, 0.5) is 0 Å². The molecule has 0 saturated heterocycles. The van der Waals surface area contributed by atoms with Gasteiger partial charge in [-0.1, -0.05) is 0 Å². The molecule has 0 bridgehead atoms. The van der Waals surface area contributed by atoms with Gasteiger partial charge < -0.3 is 10.4 Å². The van der Waals surface area contributed by atoms with Crippen LogP contribution in [0.1, 0.15) is 10.4 Å². The third-order valence-corrected chi connectivity index (χ3v) is 2.05. The molecule has 74 valence electrons. The predicted molar refractivity (Wildman–Crippen MR) is 51.9 cm³/mol. The number of aromatic nitrogens is 1. The van der Waals surface area contributed by atoms with Crippen LogP contribution in [-0.2, 0) is 4.79 Å². The van der Waals surface area contributed by atoms with Crippen molar-refractivity contribution in [2.45, 2.75) is 0 Å². The number of nitrogens with zero attached hydrogens (tertiary/aromatic N) is 1. The zero-order chi connectivity index (χ0) is 10.6. The number of carboxylic acid groups (broad SMARTS) is 1. The Bertz CT molecular complexity index is 367. The first-order chi connectivity index (χ1) is 6.61. The summed E-state index contributed by atoms with van der Waals surface area (Å²) in [6.07, 6.45) is 2.93. The minimum Gasteiger partial charge on any atom is -0.480 e. The number of carbonyl (C=O) groups is 2. The van der Waals surface area contributed by atoms with Crippen LogP contribution < -0.4 is 5.32 Å². The van der Waals surface area contributed by atoms with E-state index in [1.807, 2.05) is 0 Å². The summed E-state index contributed by atoms with van der Waals surface area (Å²) < 4.78 is 0.530. The molecule has 0 atom stereocenters. The van der Waals surface area contributed by atoms with Crippen molar-refractivity contribution < 1.29 is 14.7 Å². The molecule has 2 N–H and O–H groups in total. The Morgan fingerprint density at radius 2 is 2.29 bits per heavy atom. The highest BCUT2D eigenvalue weighted by Gasteiger charge is 2.09. The number of carbonyl (C=O) groups excluding carboxylic acids is 1. The Morgan fingerprint density at radius 3 is 2.86 bits per heavy atom. The van der Waals surface area contributed by atoms with Crippen molar-refractivity contribution in [3.05, 3.63) is 28.5 Å². The molecule has 14 heavy (non-hydrogen) atoms. The molecular weight excluding hydrogens is 252 g/mol. The predicted octanol–water partition coefficient (Wildman–Crippen LogP) is 0.658. The number of amides is 1. The molecule has 6 heteroatoms. The van der Waals surface area contributed by atoms with E-state index in [1.165, 1.54) is 18.5 Å². The van der Waals surface area contributed by atoms with Gasteiger partial charge in [0.1, 0.15) is 6.54 Å². The summed E-state index contributed by atoms with van der Waals surface area (Å²) >= 11 is 3.13. The number of nitrogens with one attached hydrogen (secondary N) is 1. The Balaban J connectivity index is 2.70. The SMILES string of the molecule is O=C(O)CNC(=O)c1ccncc1Br. The van der Waals surface area contributed by atoms with Crippen molar-refractivity contribution in [3.8, 4) is 0 Å². The summed E-state index contributed by atoms with van der Waals surface area (Å²) in [6.45, 7) is -0.395. The van der Waals surface area contributed by atoms with Crippen molar-refractivity contribution in [2.24, 2.45) is 0 Å². The lowest BCUT2D eigenvalue weighted by molar-refractivity contribution is -0.135. The van der Waals surface area contributed by atoms with Gasteiger partial charge in [-0.25, -0.2) is 0 Å². The molecule has 0 aromatic carbocycles. The molecule has 0 fully saturated rings. The number of halogens is 1. The zero-order valence-corrected chi connectivity index (χ0v) is 8.61. The lowest BCUT2D eigenvalue weighted by Crippen LogP contribution is -2.29. The summed E-state index contributed by atoms with van der Waals surface area (Å²) in [5.41, 5.74) is 0.362. The maximum atomic E-state index is 11.3. The molecule has 0 aliphatic carbocycles. The summed E-state index contributed by atoms with van der Waals surface area (Å²) in [4.78, 5) is 25.3. The lowest BCUT2D eigenvalue weighted by atomic mass is 10.2. The van der Waals surface area contributed by atoms with Gasteiger partial charge in [0.25, 0.3) is 5.91 Å². The third-order valence-electron chi connectivity index (χ3n) is 1.42. The fourth-order valence-electron chi connectivity index (χ4n) is 0.810. The topological polar surface area (TPSA) is 79.3 Å². The highest BCUT2D eigenvalue weighted by molar-refractivity contribution is 9.10. The molecule has 0 spiro atoms. The van der Waals surface area contributed by atoms with E-state index in [0.717, 1.165) is 0 Å². The first-order valence-corrected chi connectivity index (χ1v) is 4.50. The second-order valence-corrected chi connectivity index (χ2v) is 3.29. The first-order valence-electron chi connectivity index (χ1n) is 3.71. The Hall–Kier alpha value is -1.43. The summed E-state index contributed by atoms with van der Waals surface area (Å²) in [5, 5.41) is 10.6. The monoisotopic (exact) mass is 258 g/mol. The van der Waals surface area contributed by atoms with Crippen LogP contribution in [0.15, 0.2) is 22.9 Å². The fraction of sp³-hybridized carbons (Fsp3) is 0.125. The molecule has 0 unspecified atom stereocenters. The van der Waals surface area contributed by atoms with Gasteiger partial charge in [0.15, 0.2) is 0 Å². The zero-order valence-electron chi connectivity index (χ0n) is 7.03. The number of aliphatic carboxylic acids is 1. The number of hydrogen-bond acceptors (Lipinski definition) is 3. The standard InChI is InChI=1S/C8H7BrN2O3/c9-6-3-10-2-1-5(6)8(14)11-4-7(12)13/h1-3H,4H2,(H,11,14)(H,12,13). The highest BCUT2D eigenvalue weighted by Crippen LogP contribution is 2.13. The largest absolute Gasteiger partial charge is 0.480 e. The average Bonchev–Trinajstić information content (AvgIpc) is 2.15. The van der Waals surface area contributed by atoms with Crippen molar-refractivity contribution in [3.63, 3.8) is 0 Å². The van der Waals surface area contributed by atoms with Gasteiger partial charge in [0.05, 0.1) is 5.56 Å².